The Morgan fingerprint density at radius 2 is 2.05 bits per heavy atom. The van der Waals surface area contributed by atoms with Gasteiger partial charge in [0.15, 0.2) is 11.6 Å². The van der Waals surface area contributed by atoms with Crippen LogP contribution in [0.25, 0.3) is 0 Å². The van der Waals surface area contributed by atoms with E-state index in [4.69, 9.17) is 4.74 Å². The molecule has 0 bridgehead atoms. The summed E-state index contributed by atoms with van der Waals surface area (Å²) in [5.74, 6) is -0.244. The summed E-state index contributed by atoms with van der Waals surface area (Å²) in [7, 11) is 0. The van der Waals surface area contributed by atoms with Gasteiger partial charge in [0.2, 0.25) is 5.91 Å². The van der Waals surface area contributed by atoms with Gasteiger partial charge in [-0.05, 0) is 50.8 Å². The fourth-order valence-corrected chi connectivity index (χ4v) is 2.65. The lowest BCUT2D eigenvalue weighted by Gasteiger charge is -2.26. The van der Waals surface area contributed by atoms with Crippen LogP contribution in [0.15, 0.2) is 18.2 Å². The quantitative estimate of drug-likeness (QED) is 0.892. The topological polar surface area (TPSA) is 50.4 Å². The molecular formula is C16H22ClFN2O2. The summed E-state index contributed by atoms with van der Waals surface area (Å²) in [5, 5.41) is 5.94. The summed E-state index contributed by atoms with van der Waals surface area (Å²) >= 11 is 0. The Balaban J connectivity index is 0.00000176. The van der Waals surface area contributed by atoms with E-state index in [9.17, 15) is 9.18 Å². The zero-order valence-electron chi connectivity index (χ0n) is 12.4. The molecule has 2 N–H and O–H groups in total. The second-order valence-electron chi connectivity index (χ2n) is 5.81. The van der Waals surface area contributed by atoms with Gasteiger partial charge in [-0.2, -0.15) is 0 Å². The minimum Gasteiger partial charge on any atom is -0.487 e. The second-order valence-corrected chi connectivity index (χ2v) is 5.81. The monoisotopic (exact) mass is 328 g/mol. The molecule has 122 valence electrons. The third-order valence-electron chi connectivity index (χ3n) is 4.17. The third kappa shape index (κ3) is 4.11. The maximum Gasteiger partial charge on any atom is 0.241 e. The molecule has 6 heteroatoms. The predicted octanol–water partition coefficient (Wildman–Crippen LogP) is 3.26. The third-order valence-corrected chi connectivity index (χ3v) is 4.17. The maximum absolute atomic E-state index is 14.0. The maximum atomic E-state index is 14.0. The fraction of sp³-hybridized carbons (Fsp3) is 0.562. The van der Waals surface area contributed by atoms with E-state index in [0.717, 1.165) is 45.1 Å². The van der Waals surface area contributed by atoms with Gasteiger partial charge in [0, 0.05) is 11.8 Å². The Bertz CT molecular complexity index is 517. The predicted molar refractivity (Wildman–Crippen MR) is 86.2 cm³/mol. The molecule has 1 aliphatic carbocycles. The van der Waals surface area contributed by atoms with Crippen molar-refractivity contribution >= 4 is 24.0 Å². The highest BCUT2D eigenvalue weighted by atomic mass is 35.5. The summed E-state index contributed by atoms with van der Waals surface area (Å²) in [4.78, 5) is 12.1. The van der Waals surface area contributed by atoms with Gasteiger partial charge in [-0.3, -0.25) is 4.79 Å². The van der Waals surface area contributed by atoms with Crippen molar-refractivity contribution in [1.29, 1.82) is 0 Å². The highest BCUT2D eigenvalue weighted by Gasteiger charge is 2.22. The number of hydrogen-bond acceptors (Lipinski definition) is 3. The van der Waals surface area contributed by atoms with Crippen LogP contribution < -0.4 is 15.4 Å². The van der Waals surface area contributed by atoms with Crippen LogP contribution in [0.5, 0.6) is 5.75 Å². The Morgan fingerprint density at radius 1 is 1.23 bits per heavy atom. The lowest BCUT2D eigenvalue weighted by molar-refractivity contribution is -0.118. The SMILES string of the molecule is Cl.O=C(Nc1ccc(OC2CCC2)c(F)c1)C1CCCCN1. The average Bonchev–Trinajstić information content (AvgIpc) is 2.45. The smallest absolute Gasteiger partial charge is 0.241 e. The number of rotatable bonds is 4. The summed E-state index contributed by atoms with van der Waals surface area (Å²) in [6.45, 7) is 0.862. The van der Waals surface area contributed by atoms with Gasteiger partial charge in [0.05, 0.1) is 12.1 Å². The van der Waals surface area contributed by atoms with E-state index in [2.05, 4.69) is 10.6 Å². The lowest BCUT2D eigenvalue weighted by Crippen LogP contribution is -2.43. The number of hydrogen-bond donors (Lipinski definition) is 2. The van der Waals surface area contributed by atoms with Crippen LogP contribution in [-0.2, 0) is 4.79 Å². The number of benzene rings is 1. The van der Waals surface area contributed by atoms with Gasteiger partial charge in [-0.25, -0.2) is 4.39 Å². The molecule has 2 aliphatic rings. The molecule has 4 nitrogen and oxygen atoms in total. The number of piperidine rings is 1. The molecular weight excluding hydrogens is 307 g/mol. The summed E-state index contributed by atoms with van der Waals surface area (Å²) in [6, 6.07) is 4.44. The molecule has 1 aromatic rings. The van der Waals surface area contributed by atoms with Crippen LogP contribution >= 0.6 is 12.4 Å². The number of amides is 1. The number of carbonyl (C=O) groups excluding carboxylic acids is 1. The van der Waals surface area contributed by atoms with Crippen LogP contribution in [0.4, 0.5) is 10.1 Å². The van der Waals surface area contributed by atoms with Gasteiger partial charge in [-0.15, -0.1) is 12.4 Å². The Labute approximate surface area is 136 Å². The summed E-state index contributed by atoms with van der Waals surface area (Å²) < 4.78 is 19.5. The van der Waals surface area contributed by atoms with Crippen LogP contribution in [0, 0.1) is 5.82 Å². The Kier molecular flexibility index (Phi) is 6.03. The van der Waals surface area contributed by atoms with Crippen molar-refractivity contribution in [3.63, 3.8) is 0 Å². The van der Waals surface area contributed by atoms with Crippen molar-refractivity contribution in [3.05, 3.63) is 24.0 Å². The molecule has 1 amide bonds. The number of ether oxygens (including phenoxy) is 1. The molecule has 3 rings (SSSR count). The van der Waals surface area contributed by atoms with Gasteiger partial charge in [-0.1, -0.05) is 6.42 Å². The highest BCUT2D eigenvalue weighted by Crippen LogP contribution is 2.28. The zero-order chi connectivity index (χ0) is 14.7. The molecule has 2 fully saturated rings. The molecule has 1 atom stereocenters. The Morgan fingerprint density at radius 3 is 2.64 bits per heavy atom. The zero-order valence-corrected chi connectivity index (χ0v) is 13.3. The summed E-state index contributed by atoms with van der Waals surface area (Å²) in [6.07, 6.45) is 6.26. The molecule has 1 unspecified atom stereocenters. The number of halogens is 2. The van der Waals surface area contributed by atoms with Crippen molar-refractivity contribution in [2.75, 3.05) is 11.9 Å². The molecule has 1 saturated heterocycles. The van der Waals surface area contributed by atoms with Crippen LogP contribution in [0.3, 0.4) is 0 Å². The van der Waals surface area contributed by atoms with Gasteiger partial charge < -0.3 is 15.4 Å². The molecule has 1 aliphatic heterocycles. The molecule has 0 spiro atoms. The highest BCUT2D eigenvalue weighted by molar-refractivity contribution is 5.94. The van der Waals surface area contributed by atoms with Crippen molar-refractivity contribution < 1.29 is 13.9 Å². The fourth-order valence-electron chi connectivity index (χ4n) is 2.65. The van der Waals surface area contributed by atoms with Gasteiger partial charge >= 0.3 is 0 Å². The minimum atomic E-state index is -0.420. The number of anilines is 1. The second kappa shape index (κ2) is 7.79. The van der Waals surface area contributed by atoms with E-state index >= 15 is 0 Å². The largest absolute Gasteiger partial charge is 0.487 e. The van der Waals surface area contributed by atoms with E-state index in [-0.39, 0.29) is 36.2 Å². The first-order valence-electron chi connectivity index (χ1n) is 7.73. The van der Waals surface area contributed by atoms with Crippen LogP contribution in [-0.4, -0.2) is 24.6 Å². The van der Waals surface area contributed by atoms with E-state index in [1.165, 1.54) is 6.07 Å². The van der Waals surface area contributed by atoms with E-state index in [1.54, 1.807) is 12.1 Å². The lowest BCUT2D eigenvalue weighted by atomic mass is 9.96. The molecule has 0 radical (unpaired) electrons. The van der Waals surface area contributed by atoms with Crippen LogP contribution in [0.1, 0.15) is 38.5 Å². The van der Waals surface area contributed by atoms with Crippen LogP contribution in [0.2, 0.25) is 0 Å². The summed E-state index contributed by atoms with van der Waals surface area (Å²) in [5.41, 5.74) is 0.478. The molecule has 22 heavy (non-hydrogen) atoms. The van der Waals surface area contributed by atoms with Crippen molar-refractivity contribution in [1.82, 2.24) is 5.32 Å². The first kappa shape index (κ1) is 17.0. The van der Waals surface area contributed by atoms with E-state index < -0.39 is 5.82 Å². The van der Waals surface area contributed by atoms with E-state index in [0.29, 0.717) is 5.69 Å². The van der Waals surface area contributed by atoms with Crippen molar-refractivity contribution in [3.8, 4) is 5.75 Å². The molecule has 0 aromatic heterocycles. The standard InChI is InChI=1S/C16H21FN2O2.ClH/c17-13-10-11(7-8-15(13)21-12-4-3-5-12)19-16(20)14-6-1-2-9-18-14;/h7-8,10,12,14,18H,1-6,9H2,(H,19,20);1H. The Hall–Kier alpha value is -1.33. The number of carbonyl (C=O) groups is 1. The normalized spacial score (nSPS) is 21.4. The van der Waals surface area contributed by atoms with Gasteiger partial charge in [0.25, 0.3) is 0 Å². The first-order chi connectivity index (χ1) is 10.2. The van der Waals surface area contributed by atoms with Crippen molar-refractivity contribution in [2.45, 2.75) is 50.7 Å². The molecule has 1 saturated carbocycles. The minimum absolute atomic E-state index is 0. The molecule has 1 heterocycles. The van der Waals surface area contributed by atoms with E-state index in [1.807, 2.05) is 0 Å². The number of nitrogens with one attached hydrogen (secondary N) is 2. The van der Waals surface area contributed by atoms with Crippen molar-refractivity contribution in [2.24, 2.45) is 0 Å². The first-order valence-corrected chi connectivity index (χ1v) is 7.73. The molecule has 1 aromatic carbocycles. The average molecular weight is 329 g/mol. The van der Waals surface area contributed by atoms with Gasteiger partial charge in [0.1, 0.15) is 0 Å².